The first-order chi connectivity index (χ1) is 14.8. The second kappa shape index (κ2) is 8.58. The molecule has 2 fully saturated rings. The highest BCUT2D eigenvalue weighted by molar-refractivity contribution is 6.14. The number of hydrazone groups is 1. The minimum Gasteiger partial charge on any atom is -0.339 e. The van der Waals surface area contributed by atoms with Crippen LogP contribution in [0.25, 0.3) is 0 Å². The smallest absolute Gasteiger partial charge is 0.236 e. The molecule has 2 aromatic rings. The van der Waals surface area contributed by atoms with Crippen LogP contribution in [0.15, 0.2) is 59.7 Å². The summed E-state index contributed by atoms with van der Waals surface area (Å²) in [5.41, 5.74) is 7.94. The third-order valence-electron chi connectivity index (χ3n) is 6.45. The first-order valence-corrected chi connectivity index (χ1v) is 11.0. The molecular weight excluding hydrogens is 374 g/mol. The Hall–Kier alpha value is -2.70. The lowest BCUT2D eigenvalue weighted by Gasteiger charge is -2.41. The van der Waals surface area contributed by atoms with E-state index in [1.807, 2.05) is 23.1 Å². The lowest BCUT2D eigenvalue weighted by atomic mass is 9.94. The summed E-state index contributed by atoms with van der Waals surface area (Å²) in [5, 5.41) is 4.76. The average molecular weight is 404 g/mol. The van der Waals surface area contributed by atoms with Crippen LogP contribution in [-0.2, 0) is 4.79 Å². The molecule has 0 bridgehead atoms. The molecule has 1 atom stereocenters. The zero-order valence-corrected chi connectivity index (χ0v) is 17.3. The van der Waals surface area contributed by atoms with Crippen molar-refractivity contribution in [1.82, 2.24) is 20.1 Å². The van der Waals surface area contributed by atoms with Crippen molar-refractivity contribution in [2.45, 2.75) is 19.0 Å². The number of carbonyl (C=O) groups excluding carboxylic acids is 1. The number of carbonyl (C=O) groups is 1. The highest BCUT2D eigenvalue weighted by Crippen LogP contribution is 2.29. The predicted molar refractivity (Wildman–Crippen MR) is 118 cm³/mol. The zero-order valence-electron chi connectivity index (χ0n) is 17.3. The molecule has 1 unspecified atom stereocenters. The van der Waals surface area contributed by atoms with Crippen LogP contribution in [-0.4, -0.2) is 72.1 Å². The molecule has 2 aromatic carbocycles. The van der Waals surface area contributed by atoms with E-state index in [9.17, 15) is 4.79 Å². The quantitative estimate of drug-likeness (QED) is 0.851. The summed E-state index contributed by atoms with van der Waals surface area (Å²) < 4.78 is 0. The predicted octanol–water partition coefficient (Wildman–Crippen LogP) is 2.28. The van der Waals surface area contributed by atoms with E-state index in [4.69, 9.17) is 5.10 Å². The summed E-state index contributed by atoms with van der Waals surface area (Å²) >= 11 is 0. The number of nitrogens with zero attached hydrogens (tertiary/aromatic N) is 4. The number of piperazine rings is 1. The van der Waals surface area contributed by atoms with Gasteiger partial charge in [0, 0.05) is 37.3 Å². The van der Waals surface area contributed by atoms with Crippen molar-refractivity contribution in [2.75, 3.05) is 45.8 Å². The van der Waals surface area contributed by atoms with Crippen LogP contribution in [0.2, 0.25) is 0 Å². The van der Waals surface area contributed by atoms with Crippen molar-refractivity contribution in [3.05, 3.63) is 71.3 Å². The van der Waals surface area contributed by atoms with Gasteiger partial charge in [-0.2, -0.15) is 5.10 Å². The third-order valence-corrected chi connectivity index (χ3v) is 6.45. The first kappa shape index (κ1) is 19.3. The fraction of sp³-hybridized carbons (Fsp3) is 0.417. The van der Waals surface area contributed by atoms with Gasteiger partial charge in [-0.05, 0) is 31.5 Å². The topological polar surface area (TPSA) is 51.2 Å². The fourth-order valence-electron chi connectivity index (χ4n) is 4.76. The number of likely N-dealkylation sites (tertiary alicyclic amines) is 1. The molecule has 0 saturated carbocycles. The molecule has 0 radical (unpaired) electrons. The normalized spacial score (nSPS) is 22.3. The highest BCUT2D eigenvalue weighted by atomic mass is 16.2. The van der Waals surface area contributed by atoms with E-state index < -0.39 is 0 Å². The van der Waals surface area contributed by atoms with Crippen LogP contribution in [0.4, 0.5) is 0 Å². The number of fused-ring (bicyclic) bond motifs is 1. The number of hydrogen-bond donors (Lipinski definition) is 1. The van der Waals surface area contributed by atoms with E-state index in [-0.39, 0.29) is 12.1 Å². The molecule has 156 valence electrons. The van der Waals surface area contributed by atoms with Crippen LogP contribution in [0.5, 0.6) is 0 Å². The molecule has 3 aliphatic heterocycles. The van der Waals surface area contributed by atoms with Crippen molar-refractivity contribution < 1.29 is 4.79 Å². The van der Waals surface area contributed by atoms with Gasteiger partial charge in [0.1, 0.15) is 6.17 Å². The monoisotopic (exact) mass is 403 g/mol. The Balaban J connectivity index is 1.27. The number of hydrogen-bond acceptors (Lipinski definition) is 5. The number of rotatable bonds is 4. The van der Waals surface area contributed by atoms with E-state index in [1.54, 1.807) is 0 Å². The van der Waals surface area contributed by atoms with Gasteiger partial charge in [-0.3, -0.25) is 20.0 Å². The molecule has 5 rings (SSSR count). The maximum atomic E-state index is 12.7. The van der Waals surface area contributed by atoms with Crippen LogP contribution >= 0.6 is 0 Å². The maximum Gasteiger partial charge on any atom is 0.236 e. The SMILES string of the molecule is O=C(CN1CCCC1)N1CCN(C2NN=C(c3ccccc3)c3ccccc32)CC1. The molecule has 3 heterocycles. The minimum absolute atomic E-state index is 0.0458. The highest BCUT2D eigenvalue weighted by Gasteiger charge is 2.31. The molecule has 3 aliphatic rings. The molecule has 0 aromatic heterocycles. The fourth-order valence-corrected chi connectivity index (χ4v) is 4.76. The Labute approximate surface area is 178 Å². The second-order valence-electron chi connectivity index (χ2n) is 8.35. The molecule has 0 aliphatic carbocycles. The van der Waals surface area contributed by atoms with Crippen LogP contribution in [0, 0.1) is 0 Å². The molecular formula is C24H29N5O. The minimum atomic E-state index is 0.0458. The largest absolute Gasteiger partial charge is 0.339 e. The van der Waals surface area contributed by atoms with E-state index in [1.165, 1.54) is 24.0 Å². The standard InChI is InChI=1S/C24H29N5O/c30-22(18-27-12-6-7-13-27)28-14-16-29(17-15-28)24-21-11-5-4-10-20(21)23(25-26-24)19-8-2-1-3-9-19/h1-5,8-11,24,26H,6-7,12-18H2. The van der Waals surface area contributed by atoms with E-state index in [0.29, 0.717) is 6.54 Å². The molecule has 2 saturated heterocycles. The lowest BCUT2D eigenvalue weighted by Crippen LogP contribution is -2.54. The number of nitrogens with one attached hydrogen (secondary N) is 1. The molecule has 1 amide bonds. The summed E-state index contributed by atoms with van der Waals surface area (Å²) in [5.74, 6) is 0.276. The Morgan fingerprint density at radius 1 is 0.900 bits per heavy atom. The van der Waals surface area contributed by atoms with Crippen molar-refractivity contribution in [2.24, 2.45) is 5.10 Å². The van der Waals surface area contributed by atoms with Crippen molar-refractivity contribution in [1.29, 1.82) is 0 Å². The summed E-state index contributed by atoms with van der Waals surface area (Å²) in [6.07, 6.45) is 2.49. The van der Waals surface area contributed by atoms with Gasteiger partial charge in [0.15, 0.2) is 0 Å². The second-order valence-corrected chi connectivity index (χ2v) is 8.35. The first-order valence-electron chi connectivity index (χ1n) is 11.0. The Morgan fingerprint density at radius 3 is 2.37 bits per heavy atom. The van der Waals surface area contributed by atoms with Gasteiger partial charge in [0.25, 0.3) is 0 Å². The molecule has 1 N–H and O–H groups in total. The molecule has 30 heavy (non-hydrogen) atoms. The summed E-state index contributed by atoms with van der Waals surface area (Å²) in [4.78, 5) is 19.4. The Bertz CT molecular complexity index is 914. The van der Waals surface area contributed by atoms with Gasteiger partial charge in [-0.25, -0.2) is 0 Å². The maximum absolute atomic E-state index is 12.7. The van der Waals surface area contributed by atoms with Crippen molar-refractivity contribution >= 4 is 11.6 Å². The van der Waals surface area contributed by atoms with E-state index in [0.717, 1.165) is 50.5 Å². The van der Waals surface area contributed by atoms with Gasteiger partial charge in [-0.1, -0.05) is 54.6 Å². The van der Waals surface area contributed by atoms with E-state index in [2.05, 4.69) is 51.6 Å². The lowest BCUT2D eigenvalue weighted by molar-refractivity contribution is -0.134. The summed E-state index contributed by atoms with van der Waals surface area (Å²) in [7, 11) is 0. The van der Waals surface area contributed by atoms with Gasteiger partial charge in [0.2, 0.25) is 5.91 Å². The number of benzene rings is 2. The van der Waals surface area contributed by atoms with E-state index >= 15 is 0 Å². The zero-order chi connectivity index (χ0) is 20.3. The van der Waals surface area contributed by atoms with Crippen LogP contribution < -0.4 is 5.43 Å². The van der Waals surface area contributed by atoms with Crippen molar-refractivity contribution in [3.8, 4) is 0 Å². The third kappa shape index (κ3) is 3.85. The van der Waals surface area contributed by atoms with Gasteiger partial charge < -0.3 is 4.90 Å². The molecule has 0 spiro atoms. The van der Waals surface area contributed by atoms with Crippen LogP contribution in [0.1, 0.15) is 35.7 Å². The number of amides is 1. The molecule has 6 nitrogen and oxygen atoms in total. The van der Waals surface area contributed by atoms with Crippen LogP contribution in [0.3, 0.4) is 0 Å². The van der Waals surface area contributed by atoms with Gasteiger partial charge in [-0.15, -0.1) is 0 Å². The van der Waals surface area contributed by atoms with Gasteiger partial charge in [0.05, 0.1) is 12.3 Å². The van der Waals surface area contributed by atoms with Gasteiger partial charge >= 0.3 is 0 Å². The Morgan fingerprint density at radius 2 is 1.60 bits per heavy atom. The summed E-state index contributed by atoms with van der Waals surface area (Å²) in [6.45, 7) is 5.98. The summed E-state index contributed by atoms with van der Waals surface area (Å²) in [6, 6.07) is 18.8. The Kier molecular flexibility index (Phi) is 5.51. The average Bonchev–Trinajstić information content (AvgIpc) is 3.32. The molecule has 6 heteroatoms. The van der Waals surface area contributed by atoms with Crippen molar-refractivity contribution in [3.63, 3.8) is 0 Å².